The quantitative estimate of drug-likeness (QED) is 0.385. The maximum absolute atomic E-state index is 12.4. The van der Waals surface area contributed by atoms with E-state index in [0.717, 1.165) is 19.4 Å². The molecular weight excluding hydrogens is 394 g/mol. The number of esters is 1. The fraction of sp³-hybridized carbons (Fsp3) is 0.381. The van der Waals surface area contributed by atoms with Crippen LogP contribution in [0.15, 0.2) is 36.4 Å². The van der Waals surface area contributed by atoms with Crippen molar-refractivity contribution in [3.8, 4) is 11.5 Å². The maximum Gasteiger partial charge on any atom is 0.338 e. The van der Waals surface area contributed by atoms with Crippen LogP contribution in [0.3, 0.4) is 0 Å². The number of carbonyl (C=O) groups excluding carboxylic acids is 1. The number of ether oxygens (including phenoxy) is 5. The minimum atomic E-state index is -0.548. The average Bonchev–Trinajstić information content (AvgIpc) is 3.29. The molecule has 2 heterocycles. The third-order valence-corrected chi connectivity index (χ3v) is 4.89. The summed E-state index contributed by atoms with van der Waals surface area (Å²) in [6, 6.07) is 9.36. The molecule has 0 aromatic heterocycles. The van der Waals surface area contributed by atoms with Gasteiger partial charge in [-0.05, 0) is 37.1 Å². The molecule has 0 amide bonds. The van der Waals surface area contributed by atoms with E-state index in [1.807, 2.05) is 0 Å². The van der Waals surface area contributed by atoms with Crippen LogP contribution in [0.1, 0.15) is 34.3 Å². The molecule has 2 aliphatic rings. The van der Waals surface area contributed by atoms with Crippen molar-refractivity contribution in [1.29, 1.82) is 0 Å². The molecule has 9 nitrogen and oxygen atoms in total. The zero-order chi connectivity index (χ0) is 20.9. The van der Waals surface area contributed by atoms with E-state index in [9.17, 15) is 14.9 Å². The molecule has 1 saturated heterocycles. The molecule has 0 aliphatic carbocycles. The van der Waals surface area contributed by atoms with E-state index in [0.29, 0.717) is 34.8 Å². The Morgan fingerprint density at radius 1 is 1.23 bits per heavy atom. The van der Waals surface area contributed by atoms with Crippen molar-refractivity contribution in [3.05, 3.63) is 63.2 Å². The Morgan fingerprint density at radius 3 is 2.80 bits per heavy atom. The Balaban J connectivity index is 1.38. The highest BCUT2D eigenvalue weighted by atomic mass is 16.7. The van der Waals surface area contributed by atoms with E-state index in [-0.39, 0.29) is 31.8 Å². The van der Waals surface area contributed by atoms with Crippen LogP contribution >= 0.6 is 0 Å². The van der Waals surface area contributed by atoms with Gasteiger partial charge < -0.3 is 23.7 Å². The van der Waals surface area contributed by atoms with Crippen LogP contribution in [0.2, 0.25) is 0 Å². The highest BCUT2D eigenvalue weighted by molar-refractivity contribution is 5.89. The molecule has 0 N–H and O–H groups in total. The number of nitrogens with zero attached hydrogens (tertiary/aromatic N) is 1. The molecule has 0 saturated carbocycles. The summed E-state index contributed by atoms with van der Waals surface area (Å²) < 4.78 is 27.2. The van der Waals surface area contributed by atoms with Crippen molar-refractivity contribution in [2.45, 2.75) is 32.2 Å². The zero-order valence-corrected chi connectivity index (χ0v) is 16.2. The molecule has 2 aliphatic heterocycles. The van der Waals surface area contributed by atoms with Crippen LogP contribution in [-0.4, -0.2) is 37.0 Å². The minimum absolute atomic E-state index is 0.0408. The van der Waals surface area contributed by atoms with Crippen LogP contribution < -0.4 is 9.47 Å². The van der Waals surface area contributed by atoms with Gasteiger partial charge in [-0.1, -0.05) is 0 Å². The van der Waals surface area contributed by atoms with E-state index in [4.69, 9.17) is 23.7 Å². The van der Waals surface area contributed by atoms with E-state index < -0.39 is 10.9 Å². The number of rotatable bonds is 7. The smallest absolute Gasteiger partial charge is 0.338 e. The number of carbonyl (C=O) groups is 1. The van der Waals surface area contributed by atoms with Crippen molar-refractivity contribution in [2.24, 2.45) is 0 Å². The molecule has 0 radical (unpaired) electrons. The largest absolute Gasteiger partial charge is 0.491 e. The predicted octanol–water partition coefficient (Wildman–Crippen LogP) is 3.38. The third-order valence-electron chi connectivity index (χ3n) is 4.89. The lowest BCUT2D eigenvalue weighted by Gasteiger charge is -2.20. The number of non-ortho nitro benzene ring substituents is 1. The van der Waals surface area contributed by atoms with E-state index >= 15 is 0 Å². The Labute approximate surface area is 172 Å². The number of fused-ring (bicyclic) bond motifs is 1. The third kappa shape index (κ3) is 4.69. The first-order valence-electron chi connectivity index (χ1n) is 9.62. The molecular formula is C21H21NO8. The lowest BCUT2D eigenvalue weighted by molar-refractivity contribution is -0.385. The predicted molar refractivity (Wildman–Crippen MR) is 103 cm³/mol. The molecule has 158 valence electrons. The summed E-state index contributed by atoms with van der Waals surface area (Å²) in [5.74, 6) is 0.550. The van der Waals surface area contributed by atoms with E-state index in [1.165, 1.54) is 12.1 Å². The van der Waals surface area contributed by atoms with Crippen LogP contribution in [0, 0.1) is 10.1 Å². The molecule has 2 aromatic rings. The molecule has 2 aromatic carbocycles. The molecule has 0 unspecified atom stereocenters. The maximum atomic E-state index is 12.4. The Kier molecular flexibility index (Phi) is 6.10. The lowest BCUT2D eigenvalue weighted by Crippen LogP contribution is -2.16. The molecule has 1 fully saturated rings. The Hall–Kier alpha value is -3.17. The standard InChI is InChI=1S/C21H21NO8/c23-21(14-3-5-18(6-4-14)28-12-19-2-1-7-27-19)29-11-16-9-17(22(24)25)8-15-10-26-13-30-20(15)16/h3-6,8-9,19H,1-2,7,10-13H2/t19-/m0/s1. The normalized spacial score (nSPS) is 17.7. The first-order valence-corrected chi connectivity index (χ1v) is 9.62. The highest BCUT2D eigenvalue weighted by Crippen LogP contribution is 2.33. The van der Waals surface area contributed by atoms with Gasteiger partial charge in [-0.25, -0.2) is 4.79 Å². The van der Waals surface area contributed by atoms with Gasteiger partial charge in [0.15, 0.2) is 6.79 Å². The molecule has 4 rings (SSSR count). The number of nitro benzene ring substituents is 1. The van der Waals surface area contributed by atoms with Crippen molar-refractivity contribution in [1.82, 2.24) is 0 Å². The second kappa shape index (κ2) is 9.10. The van der Waals surface area contributed by atoms with Crippen molar-refractivity contribution < 1.29 is 33.4 Å². The SMILES string of the molecule is O=C(OCc1cc([N+](=O)[O-])cc2c1OCOC2)c1ccc(OC[C@@H]2CCCO2)cc1. The van der Waals surface area contributed by atoms with Crippen molar-refractivity contribution in [3.63, 3.8) is 0 Å². The fourth-order valence-electron chi connectivity index (χ4n) is 3.37. The summed E-state index contributed by atoms with van der Waals surface area (Å²) in [5, 5.41) is 11.2. The topological polar surface area (TPSA) is 106 Å². The second-order valence-corrected chi connectivity index (χ2v) is 7.01. The van der Waals surface area contributed by atoms with Gasteiger partial charge >= 0.3 is 5.97 Å². The van der Waals surface area contributed by atoms with Gasteiger partial charge in [-0.15, -0.1) is 0 Å². The minimum Gasteiger partial charge on any atom is -0.491 e. The van der Waals surface area contributed by atoms with Gasteiger partial charge in [0.1, 0.15) is 24.7 Å². The molecule has 1 atom stereocenters. The summed E-state index contributed by atoms with van der Waals surface area (Å²) >= 11 is 0. The first-order chi connectivity index (χ1) is 14.6. The zero-order valence-electron chi connectivity index (χ0n) is 16.2. The van der Waals surface area contributed by atoms with Crippen LogP contribution in [0.25, 0.3) is 0 Å². The first kappa shape index (κ1) is 20.1. The van der Waals surface area contributed by atoms with Gasteiger partial charge in [0.05, 0.1) is 23.2 Å². The van der Waals surface area contributed by atoms with Gasteiger partial charge in [0.25, 0.3) is 5.69 Å². The molecule has 30 heavy (non-hydrogen) atoms. The summed E-state index contributed by atoms with van der Waals surface area (Å²) in [6.07, 6.45) is 2.15. The van der Waals surface area contributed by atoms with Crippen LogP contribution in [0.5, 0.6) is 11.5 Å². The van der Waals surface area contributed by atoms with Gasteiger partial charge in [-0.2, -0.15) is 0 Å². The van der Waals surface area contributed by atoms with Crippen LogP contribution in [-0.2, 0) is 27.4 Å². The lowest BCUT2D eigenvalue weighted by atomic mass is 10.1. The Bertz CT molecular complexity index is 921. The van der Waals surface area contributed by atoms with E-state index in [1.54, 1.807) is 24.3 Å². The van der Waals surface area contributed by atoms with Crippen molar-refractivity contribution >= 4 is 11.7 Å². The summed E-state index contributed by atoms with van der Waals surface area (Å²) in [4.78, 5) is 23.1. The Morgan fingerprint density at radius 2 is 2.07 bits per heavy atom. The average molecular weight is 415 g/mol. The number of hydrogen-bond donors (Lipinski definition) is 0. The van der Waals surface area contributed by atoms with Crippen molar-refractivity contribution in [2.75, 3.05) is 20.0 Å². The summed E-state index contributed by atoms with van der Waals surface area (Å²) in [5.41, 5.74) is 1.21. The molecule has 0 bridgehead atoms. The summed E-state index contributed by atoms with van der Waals surface area (Å²) in [7, 11) is 0. The molecule has 0 spiro atoms. The van der Waals surface area contributed by atoms with Gasteiger partial charge in [-0.3, -0.25) is 10.1 Å². The summed E-state index contributed by atoms with van der Waals surface area (Å²) in [6.45, 7) is 1.33. The van der Waals surface area contributed by atoms with Crippen LogP contribution in [0.4, 0.5) is 5.69 Å². The second-order valence-electron chi connectivity index (χ2n) is 7.01. The monoisotopic (exact) mass is 415 g/mol. The number of benzene rings is 2. The van der Waals surface area contributed by atoms with Gasteiger partial charge in [0.2, 0.25) is 0 Å². The number of hydrogen-bond acceptors (Lipinski definition) is 8. The van der Waals surface area contributed by atoms with E-state index in [2.05, 4.69) is 0 Å². The highest BCUT2D eigenvalue weighted by Gasteiger charge is 2.22. The number of nitro groups is 1. The fourth-order valence-corrected chi connectivity index (χ4v) is 3.37. The van der Waals surface area contributed by atoms with Gasteiger partial charge in [0, 0.05) is 29.9 Å². The molecule has 9 heteroatoms.